The van der Waals surface area contributed by atoms with Gasteiger partial charge in [0.1, 0.15) is 0 Å². The van der Waals surface area contributed by atoms with E-state index in [0.717, 1.165) is 18.8 Å². The predicted molar refractivity (Wildman–Crippen MR) is 69.2 cm³/mol. The van der Waals surface area contributed by atoms with Gasteiger partial charge in [-0.05, 0) is 18.8 Å². The van der Waals surface area contributed by atoms with Crippen molar-refractivity contribution in [3.63, 3.8) is 0 Å². The van der Waals surface area contributed by atoms with Gasteiger partial charge >= 0.3 is 6.01 Å². The smallest absolute Gasteiger partial charge is 0.322 e. The van der Waals surface area contributed by atoms with Crippen LogP contribution in [0, 0.1) is 5.92 Å². The zero-order valence-corrected chi connectivity index (χ0v) is 10.8. The molecule has 2 atom stereocenters. The molecule has 0 aliphatic heterocycles. The molecule has 1 heterocycles. The molecule has 100 valence electrons. The van der Waals surface area contributed by atoms with Crippen LogP contribution in [0.4, 0.5) is 11.9 Å². The molecule has 0 spiro atoms. The van der Waals surface area contributed by atoms with Gasteiger partial charge in [0, 0.05) is 6.04 Å². The number of ether oxygens (including phenoxy) is 1. The minimum Gasteiger partial charge on any atom is -0.467 e. The lowest BCUT2D eigenvalue weighted by molar-refractivity contribution is 0.355. The van der Waals surface area contributed by atoms with Gasteiger partial charge in [0.05, 0.1) is 7.11 Å². The van der Waals surface area contributed by atoms with E-state index in [1.165, 1.54) is 20.0 Å². The Morgan fingerprint density at radius 3 is 2.67 bits per heavy atom. The van der Waals surface area contributed by atoms with Crippen molar-refractivity contribution in [2.24, 2.45) is 11.8 Å². The largest absolute Gasteiger partial charge is 0.467 e. The van der Waals surface area contributed by atoms with Crippen LogP contribution in [0.2, 0.25) is 0 Å². The Labute approximate surface area is 107 Å². The van der Waals surface area contributed by atoms with Crippen molar-refractivity contribution < 1.29 is 4.74 Å². The van der Waals surface area contributed by atoms with Gasteiger partial charge < -0.3 is 10.1 Å². The minimum atomic E-state index is 0.254. The number of nitrogen functional groups attached to an aromatic ring is 1. The lowest BCUT2D eigenvalue weighted by Gasteiger charge is -2.27. The Balaban J connectivity index is 2.07. The van der Waals surface area contributed by atoms with Gasteiger partial charge in [0.2, 0.25) is 11.9 Å². The summed E-state index contributed by atoms with van der Waals surface area (Å²) in [6.07, 6.45) is 4.82. The molecule has 18 heavy (non-hydrogen) atoms. The molecule has 1 fully saturated rings. The minimum absolute atomic E-state index is 0.254. The predicted octanol–water partition coefficient (Wildman–Crippen LogP) is 1.16. The summed E-state index contributed by atoms with van der Waals surface area (Å²) in [5.74, 6) is 6.86. The first-order valence-corrected chi connectivity index (χ1v) is 6.24. The molecule has 2 rings (SSSR count). The summed E-state index contributed by atoms with van der Waals surface area (Å²) >= 11 is 0. The normalized spacial score (nSPS) is 23.5. The van der Waals surface area contributed by atoms with Crippen molar-refractivity contribution >= 4 is 11.9 Å². The van der Waals surface area contributed by atoms with Crippen LogP contribution in [0.15, 0.2) is 0 Å². The highest BCUT2D eigenvalue weighted by molar-refractivity contribution is 5.35. The van der Waals surface area contributed by atoms with Gasteiger partial charge in [-0.3, -0.25) is 5.43 Å². The van der Waals surface area contributed by atoms with Crippen molar-refractivity contribution in [2.45, 2.75) is 38.6 Å². The number of methoxy groups -OCH3 is 1. The van der Waals surface area contributed by atoms with E-state index >= 15 is 0 Å². The van der Waals surface area contributed by atoms with Gasteiger partial charge in [-0.2, -0.15) is 15.0 Å². The van der Waals surface area contributed by atoms with Gasteiger partial charge in [0.25, 0.3) is 0 Å². The third kappa shape index (κ3) is 3.19. The van der Waals surface area contributed by atoms with Crippen LogP contribution >= 0.6 is 0 Å². The monoisotopic (exact) mass is 252 g/mol. The van der Waals surface area contributed by atoms with E-state index in [9.17, 15) is 0 Å². The van der Waals surface area contributed by atoms with Gasteiger partial charge in [0.15, 0.2) is 0 Å². The second kappa shape index (κ2) is 5.81. The Morgan fingerprint density at radius 1 is 1.22 bits per heavy atom. The van der Waals surface area contributed by atoms with E-state index in [0.29, 0.717) is 17.9 Å². The summed E-state index contributed by atoms with van der Waals surface area (Å²) in [5, 5.41) is 3.32. The average Bonchev–Trinajstić information content (AvgIpc) is 2.38. The van der Waals surface area contributed by atoms with Crippen LogP contribution in [-0.4, -0.2) is 28.1 Å². The number of hydrogen-bond donors (Lipinski definition) is 3. The molecule has 2 unspecified atom stereocenters. The molecule has 1 aromatic rings. The van der Waals surface area contributed by atoms with Crippen LogP contribution in [-0.2, 0) is 0 Å². The third-order valence-electron chi connectivity index (χ3n) is 3.20. The zero-order chi connectivity index (χ0) is 13.0. The van der Waals surface area contributed by atoms with Crippen molar-refractivity contribution in [3.8, 4) is 6.01 Å². The Hall–Kier alpha value is -1.63. The van der Waals surface area contributed by atoms with Crippen LogP contribution < -0.4 is 21.3 Å². The first kappa shape index (κ1) is 12.8. The highest BCUT2D eigenvalue weighted by Crippen LogP contribution is 2.25. The summed E-state index contributed by atoms with van der Waals surface area (Å²) in [7, 11) is 1.52. The van der Waals surface area contributed by atoms with Gasteiger partial charge in [-0.15, -0.1) is 0 Å². The fraction of sp³-hybridized carbons (Fsp3) is 0.727. The standard InChI is InChI=1S/C11H20N6O/c1-7-4-3-5-8(6-7)13-9-14-10(17-12)16-11(15-9)18-2/h7-8H,3-6,12H2,1-2H3,(H2,13,14,15,16,17). The number of nitrogens with two attached hydrogens (primary N) is 1. The molecular weight excluding hydrogens is 232 g/mol. The molecule has 0 radical (unpaired) electrons. The summed E-state index contributed by atoms with van der Waals surface area (Å²) in [5.41, 5.74) is 2.41. The second-order valence-electron chi connectivity index (χ2n) is 4.73. The molecule has 7 heteroatoms. The highest BCUT2D eigenvalue weighted by Gasteiger charge is 2.20. The molecule has 1 saturated carbocycles. The molecule has 0 amide bonds. The lowest BCUT2D eigenvalue weighted by atomic mass is 9.87. The fourth-order valence-corrected chi connectivity index (χ4v) is 2.32. The third-order valence-corrected chi connectivity index (χ3v) is 3.20. The maximum absolute atomic E-state index is 5.31. The van der Waals surface area contributed by atoms with E-state index in [4.69, 9.17) is 10.6 Å². The van der Waals surface area contributed by atoms with Crippen LogP contribution in [0.25, 0.3) is 0 Å². The van der Waals surface area contributed by atoms with E-state index in [1.54, 1.807) is 0 Å². The molecule has 1 aromatic heterocycles. The van der Waals surface area contributed by atoms with Crippen molar-refractivity contribution in [1.82, 2.24) is 15.0 Å². The molecule has 0 aromatic carbocycles. The second-order valence-corrected chi connectivity index (χ2v) is 4.73. The fourth-order valence-electron chi connectivity index (χ4n) is 2.32. The Bertz CT molecular complexity index is 377. The van der Waals surface area contributed by atoms with Crippen molar-refractivity contribution in [2.75, 3.05) is 17.9 Å². The Morgan fingerprint density at radius 2 is 2.00 bits per heavy atom. The quantitative estimate of drug-likeness (QED) is 0.546. The first-order valence-electron chi connectivity index (χ1n) is 6.24. The molecule has 1 aliphatic rings. The van der Waals surface area contributed by atoms with Crippen LogP contribution in [0.1, 0.15) is 32.6 Å². The van der Waals surface area contributed by atoms with Gasteiger partial charge in [-0.1, -0.05) is 19.8 Å². The average molecular weight is 252 g/mol. The zero-order valence-electron chi connectivity index (χ0n) is 10.8. The molecule has 7 nitrogen and oxygen atoms in total. The molecule has 0 saturated heterocycles. The summed E-state index contributed by atoms with van der Waals surface area (Å²) < 4.78 is 5.01. The number of nitrogens with one attached hydrogen (secondary N) is 2. The summed E-state index contributed by atoms with van der Waals surface area (Å²) in [6, 6.07) is 0.663. The number of hydrogen-bond acceptors (Lipinski definition) is 7. The SMILES string of the molecule is COc1nc(NN)nc(NC2CCCC(C)C2)n1. The first-order chi connectivity index (χ1) is 8.71. The summed E-state index contributed by atoms with van der Waals surface area (Å²) in [6.45, 7) is 2.27. The molecule has 4 N–H and O–H groups in total. The maximum atomic E-state index is 5.31. The molecular formula is C11H20N6O. The van der Waals surface area contributed by atoms with E-state index in [-0.39, 0.29) is 6.01 Å². The van der Waals surface area contributed by atoms with Crippen molar-refractivity contribution in [1.29, 1.82) is 0 Å². The number of anilines is 2. The van der Waals surface area contributed by atoms with E-state index in [1.807, 2.05) is 0 Å². The Kier molecular flexibility index (Phi) is 4.14. The van der Waals surface area contributed by atoms with E-state index in [2.05, 4.69) is 32.6 Å². The number of aromatic nitrogens is 3. The maximum Gasteiger partial charge on any atom is 0.322 e. The van der Waals surface area contributed by atoms with Crippen LogP contribution in [0.5, 0.6) is 6.01 Å². The van der Waals surface area contributed by atoms with Gasteiger partial charge in [-0.25, -0.2) is 5.84 Å². The van der Waals surface area contributed by atoms with E-state index < -0.39 is 0 Å². The van der Waals surface area contributed by atoms with Crippen molar-refractivity contribution in [3.05, 3.63) is 0 Å². The van der Waals surface area contributed by atoms with Crippen LogP contribution in [0.3, 0.4) is 0 Å². The molecule has 1 aliphatic carbocycles. The summed E-state index contributed by atoms with van der Waals surface area (Å²) in [4.78, 5) is 12.3. The topological polar surface area (TPSA) is 98.0 Å². The number of rotatable bonds is 4. The lowest BCUT2D eigenvalue weighted by Crippen LogP contribution is -2.27. The molecule has 0 bridgehead atoms. The highest BCUT2D eigenvalue weighted by atomic mass is 16.5. The number of nitrogens with zero attached hydrogens (tertiary/aromatic N) is 3. The number of hydrazine groups is 1.